The molecule has 0 aromatic carbocycles. The van der Waals surface area contributed by atoms with Crippen LogP contribution in [-0.2, 0) is 13.6 Å². The molecule has 0 spiro atoms. The van der Waals surface area contributed by atoms with Crippen molar-refractivity contribution < 1.29 is 13.6 Å². The monoisotopic (exact) mass is 170 g/mol. The fraction of sp³-hybridized carbons (Fsp3) is 0.500. The average Bonchev–Trinajstić information content (AvgIpc) is 1.86. The van der Waals surface area contributed by atoms with Crippen LogP contribution < -0.4 is 0 Å². The van der Waals surface area contributed by atoms with Gasteiger partial charge in [0.2, 0.25) is 0 Å². The Morgan fingerprint density at radius 2 is 1.89 bits per heavy atom. The first-order valence-corrected chi connectivity index (χ1v) is 4.05. The Morgan fingerprint density at radius 1 is 1.56 bits per heavy atom. The molecule has 3 nitrogen and oxygen atoms in total. The number of hydrogen-bond acceptors (Lipinski definition) is 3. The third-order valence-electron chi connectivity index (χ3n) is 0.778. The molecule has 0 amide bonds. The molecule has 0 unspecified atom stereocenters. The van der Waals surface area contributed by atoms with E-state index in [0.717, 1.165) is 0 Å². The first kappa shape index (κ1) is 9.18. The Morgan fingerprint density at radius 3 is 1.89 bits per heavy atom. The second-order valence-electron chi connectivity index (χ2n) is 1.24. The molecule has 0 N–H and O–H groups in total. The summed E-state index contributed by atoms with van der Waals surface area (Å²) in [6.45, 7) is 3.22. The molecule has 0 aliphatic heterocycles. The Labute approximate surface area is 59.1 Å². The molecule has 5 heteroatoms. The number of halogens is 1. The van der Waals surface area contributed by atoms with Crippen molar-refractivity contribution in [2.75, 3.05) is 14.2 Å². The smallest absolute Gasteiger partial charge is 0.308 e. The zero-order valence-corrected chi connectivity index (χ0v) is 6.91. The second-order valence-corrected chi connectivity index (χ2v) is 4.22. The lowest BCUT2D eigenvalue weighted by molar-refractivity contribution is 0.285. The van der Waals surface area contributed by atoms with Crippen molar-refractivity contribution in [2.45, 2.75) is 0 Å². The standard InChI is InChI=1S/C4H8ClO3P/c1-4(5)9(6,7-2)8-3/h1H2,2-3H3. The summed E-state index contributed by atoms with van der Waals surface area (Å²) < 4.78 is 19.8. The van der Waals surface area contributed by atoms with Gasteiger partial charge in [0, 0.05) is 14.2 Å². The summed E-state index contributed by atoms with van der Waals surface area (Å²) in [6, 6.07) is 0. The van der Waals surface area contributed by atoms with Gasteiger partial charge in [-0.25, -0.2) is 0 Å². The van der Waals surface area contributed by atoms with E-state index in [-0.39, 0.29) is 4.77 Å². The summed E-state index contributed by atoms with van der Waals surface area (Å²) in [5.41, 5.74) is 0. The minimum absolute atomic E-state index is 0.104. The summed E-state index contributed by atoms with van der Waals surface area (Å²) in [4.78, 5) is 0. The van der Waals surface area contributed by atoms with Gasteiger partial charge in [0.25, 0.3) is 0 Å². The molecule has 0 rings (SSSR count). The Balaban J connectivity index is 4.30. The molecule has 54 valence electrons. The van der Waals surface area contributed by atoms with Gasteiger partial charge in [0.1, 0.15) is 4.77 Å². The molecule has 0 saturated heterocycles. The van der Waals surface area contributed by atoms with Crippen LogP contribution in [0.1, 0.15) is 0 Å². The highest BCUT2D eigenvalue weighted by atomic mass is 35.5. The minimum atomic E-state index is -3.18. The van der Waals surface area contributed by atoms with Crippen molar-refractivity contribution in [1.82, 2.24) is 0 Å². The third-order valence-corrected chi connectivity index (χ3v) is 2.95. The van der Waals surface area contributed by atoms with Crippen LogP contribution in [0.15, 0.2) is 11.4 Å². The molecule has 0 heterocycles. The highest BCUT2D eigenvalue weighted by molar-refractivity contribution is 7.60. The maximum atomic E-state index is 11.0. The molecule has 0 aliphatic rings. The Bertz CT molecular complexity index is 148. The van der Waals surface area contributed by atoms with Gasteiger partial charge >= 0.3 is 7.60 Å². The van der Waals surface area contributed by atoms with Gasteiger partial charge in [-0.15, -0.1) is 0 Å². The maximum Gasteiger partial charge on any atom is 0.371 e. The van der Waals surface area contributed by atoms with Gasteiger partial charge < -0.3 is 9.05 Å². The first-order chi connectivity index (χ1) is 4.06. The van der Waals surface area contributed by atoms with Crippen molar-refractivity contribution >= 4 is 19.2 Å². The SMILES string of the molecule is C=C(Cl)P(=O)(OC)OC. The van der Waals surface area contributed by atoms with E-state index in [4.69, 9.17) is 11.6 Å². The normalized spacial score (nSPS) is 11.4. The van der Waals surface area contributed by atoms with Crippen LogP contribution in [0.2, 0.25) is 0 Å². The van der Waals surface area contributed by atoms with E-state index in [0.29, 0.717) is 0 Å². The molecular weight excluding hydrogens is 162 g/mol. The zero-order valence-electron chi connectivity index (χ0n) is 5.26. The van der Waals surface area contributed by atoms with E-state index >= 15 is 0 Å². The summed E-state index contributed by atoms with van der Waals surface area (Å²) in [5.74, 6) is 0. The van der Waals surface area contributed by atoms with Crippen molar-refractivity contribution in [3.05, 3.63) is 11.4 Å². The molecule has 0 radical (unpaired) electrons. The van der Waals surface area contributed by atoms with E-state index in [1.807, 2.05) is 0 Å². The molecule has 0 bridgehead atoms. The molecular formula is C4H8ClO3P. The number of hydrogen-bond donors (Lipinski definition) is 0. The van der Waals surface area contributed by atoms with Crippen LogP contribution in [-0.4, -0.2) is 14.2 Å². The van der Waals surface area contributed by atoms with Crippen molar-refractivity contribution in [1.29, 1.82) is 0 Å². The number of rotatable bonds is 3. The Hall–Kier alpha value is 0.180. The quantitative estimate of drug-likeness (QED) is 0.609. The van der Waals surface area contributed by atoms with Gasteiger partial charge in [-0.2, -0.15) is 0 Å². The maximum absolute atomic E-state index is 11.0. The van der Waals surface area contributed by atoms with Crippen LogP contribution >= 0.6 is 19.2 Å². The van der Waals surface area contributed by atoms with Crippen LogP contribution in [0.25, 0.3) is 0 Å². The first-order valence-electron chi connectivity index (χ1n) is 2.13. The van der Waals surface area contributed by atoms with Crippen LogP contribution in [0, 0.1) is 0 Å². The molecule has 9 heavy (non-hydrogen) atoms. The average molecular weight is 171 g/mol. The molecule has 0 saturated carbocycles. The van der Waals surface area contributed by atoms with Crippen LogP contribution in [0.5, 0.6) is 0 Å². The largest absolute Gasteiger partial charge is 0.371 e. The van der Waals surface area contributed by atoms with E-state index in [9.17, 15) is 4.57 Å². The van der Waals surface area contributed by atoms with Crippen LogP contribution in [0.3, 0.4) is 0 Å². The van der Waals surface area contributed by atoms with E-state index < -0.39 is 7.60 Å². The predicted molar refractivity (Wildman–Crippen MR) is 36.6 cm³/mol. The fourth-order valence-electron chi connectivity index (χ4n) is 0.273. The topological polar surface area (TPSA) is 35.5 Å². The summed E-state index contributed by atoms with van der Waals surface area (Å²) in [6.07, 6.45) is 0. The lowest BCUT2D eigenvalue weighted by Gasteiger charge is -2.09. The lowest BCUT2D eigenvalue weighted by atomic mass is 11.3. The van der Waals surface area contributed by atoms with Crippen molar-refractivity contribution in [2.24, 2.45) is 0 Å². The summed E-state index contributed by atoms with van der Waals surface area (Å²) in [7, 11) is -0.686. The minimum Gasteiger partial charge on any atom is -0.308 e. The molecule has 0 aromatic rings. The summed E-state index contributed by atoms with van der Waals surface area (Å²) >= 11 is 5.28. The van der Waals surface area contributed by atoms with Gasteiger partial charge in [-0.05, 0) is 0 Å². The highest BCUT2D eigenvalue weighted by Crippen LogP contribution is 2.55. The summed E-state index contributed by atoms with van der Waals surface area (Å²) in [5, 5.41) is 0. The van der Waals surface area contributed by atoms with Gasteiger partial charge in [0.15, 0.2) is 0 Å². The van der Waals surface area contributed by atoms with Crippen molar-refractivity contribution in [3.63, 3.8) is 0 Å². The van der Waals surface area contributed by atoms with Gasteiger partial charge in [-0.3, -0.25) is 4.57 Å². The molecule has 0 aliphatic carbocycles. The second kappa shape index (κ2) is 3.37. The van der Waals surface area contributed by atoms with E-state index in [1.165, 1.54) is 14.2 Å². The fourth-order valence-corrected chi connectivity index (χ4v) is 1.23. The highest BCUT2D eigenvalue weighted by Gasteiger charge is 2.23. The van der Waals surface area contributed by atoms with Crippen LogP contribution in [0.4, 0.5) is 0 Å². The zero-order chi connectivity index (χ0) is 7.49. The molecule has 0 fully saturated rings. The van der Waals surface area contributed by atoms with Crippen molar-refractivity contribution in [3.8, 4) is 0 Å². The molecule has 0 aromatic heterocycles. The third kappa shape index (κ3) is 2.11. The van der Waals surface area contributed by atoms with Gasteiger partial charge in [0.05, 0.1) is 0 Å². The lowest BCUT2D eigenvalue weighted by Crippen LogP contribution is -1.85. The van der Waals surface area contributed by atoms with E-state index in [1.54, 1.807) is 0 Å². The predicted octanol–water partition coefficient (Wildman–Crippen LogP) is 2.18. The van der Waals surface area contributed by atoms with E-state index in [2.05, 4.69) is 15.6 Å². The van der Waals surface area contributed by atoms with Gasteiger partial charge in [-0.1, -0.05) is 18.2 Å². The Kier molecular flexibility index (Phi) is 3.44. The molecule has 0 atom stereocenters.